The summed E-state index contributed by atoms with van der Waals surface area (Å²) in [7, 11) is 1.74. The molecule has 0 bridgehead atoms. The minimum Gasteiger partial charge on any atom is -0.508 e. The van der Waals surface area contributed by atoms with Gasteiger partial charge in [0, 0.05) is 36.1 Å². The normalized spacial score (nSPS) is 22.0. The SMILES string of the molecule is CNCCN1C(=O)N2C(c3cccc(O)c3)c3[nH]c4ccc(OC(F)F)cc4c3CC2(C)C1=O. The number of phenols is 1. The monoisotopic (exact) mass is 470 g/mol. The number of imide groups is 1. The third-order valence-corrected chi connectivity index (χ3v) is 6.63. The lowest BCUT2D eigenvalue weighted by molar-refractivity contribution is -0.133. The van der Waals surface area contributed by atoms with Gasteiger partial charge in [-0.05, 0) is 55.4 Å². The number of phenolic OH excluding ortho intramolecular Hbond substituents is 1. The van der Waals surface area contributed by atoms with Crippen LogP contribution in [0.15, 0.2) is 42.5 Å². The molecule has 0 saturated carbocycles. The summed E-state index contributed by atoms with van der Waals surface area (Å²) in [5, 5.41) is 13.8. The first-order valence-electron chi connectivity index (χ1n) is 10.9. The average molecular weight is 470 g/mol. The Morgan fingerprint density at radius 1 is 1.26 bits per heavy atom. The van der Waals surface area contributed by atoms with Crippen molar-refractivity contribution in [2.45, 2.75) is 31.5 Å². The number of alkyl halides is 2. The van der Waals surface area contributed by atoms with Gasteiger partial charge in [-0.25, -0.2) is 4.79 Å². The maximum absolute atomic E-state index is 13.6. The van der Waals surface area contributed by atoms with Crippen LogP contribution in [0.25, 0.3) is 10.9 Å². The predicted octanol–water partition coefficient (Wildman–Crippen LogP) is 3.36. The molecule has 2 aliphatic heterocycles. The molecular weight excluding hydrogens is 446 g/mol. The van der Waals surface area contributed by atoms with Crippen molar-refractivity contribution >= 4 is 22.8 Å². The summed E-state index contributed by atoms with van der Waals surface area (Å²) >= 11 is 0. The van der Waals surface area contributed by atoms with Crippen molar-refractivity contribution in [1.82, 2.24) is 20.1 Å². The topological polar surface area (TPSA) is 97.9 Å². The van der Waals surface area contributed by atoms with Gasteiger partial charge in [0.25, 0.3) is 5.91 Å². The number of aromatic hydroxyl groups is 1. The second kappa shape index (κ2) is 7.98. The summed E-state index contributed by atoms with van der Waals surface area (Å²) in [5.74, 6) is -0.284. The van der Waals surface area contributed by atoms with Crippen molar-refractivity contribution in [1.29, 1.82) is 0 Å². The van der Waals surface area contributed by atoms with E-state index in [-0.39, 0.29) is 30.4 Å². The third-order valence-electron chi connectivity index (χ3n) is 6.63. The molecule has 178 valence electrons. The van der Waals surface area contributed by atoms with Gasteiger partial charge in [-0.15, -0.1) is 0 Å². The van der Waals surface area contributed by atoms with Crippen LogP contribution < -0.4 is 10.1 Å². The lowest BCUT2D eigenvalue weighted by atomic mass is 9.81. The van der Waals surface area contributed by atoms with Crippen LogP contribution in [0.3, 0.4) is 0 Å². The quantitative estimate of drug-likeness (QED) is 0.480. The van der Waals surface area contributed by atoms with E-state index in [0.29, 0.717) is 28.7 Å². The van der Waals surface area contributed by atoms with Crippen LogP contribution in [-0.2, 0) is 11.2 Å². The fourth-order valence-corrected chi connectivity index (χ4v) is 5.13. The van der Waals surface area contributed by atoms with Gasteiger partial charge in [0.2, 0.25) is 0 Å². The van der Waals surface area contributed by atoms with E-state index < -0.39 is 24.2 Å². The highest BCUT2D eigenvalue weighted by atomic mass is 19.3. The van der Waals surface area contributed by atoms with Gasteiger partial charge in [0.1, 0.15) is 23.1 Å². The number of aromatic amines is 1. The van der Waals surface area contributed by atoms with Crippen molar-refractivity contribution in [2.24, 2.45) is 0 Å². The number of urea groups is 1. The van der Waals surface area contributed by atoms with Crippen molar-refractivity contribution in [3.63, 3.8) is 0 Å². The van der Waals surface area contributed by atoms with Gasteiger partial charge in [-0.2, -0.15) is 8.78 Å². The number of ether oxygens (including phenoxy) is 1. The van der Waals surface area contributed by atoms with Crippen LogP contribution in [0, 0.1) is 0 Å². The Kier molecular flexibility index (Phi) is 5.20. The van der Waals surface area contributed by atoms with E-state index in [2.05, 4.69) is 15.0 Å². The molecule has 5 rings (SSSR count). The zero-order valence-electron chi connectivity index (χ0n) is 18.6. The minimum atomic E-state index is -2.96. The average Bonchev–Trinajstić information content (AvgIpc) is 3.22. The van der Waals surface area contributed by atoms with E-state index in [0.717, 1.165) is 5.56 Å². The molecule has 1 saturated heterocycles. The van der Waals surface area contributed by atoms with E-state index in [1.165, 1.54) is 23.1 Å². The molecule has 34 heavy (non-hydrogen) atoms. The summed E-state index contributed by atoms with van der Waals surface area (Å²) in [5.41, 5.74) is 1.53. The van der Waals surface area contributed by atoms with Crippen LogP contribution in [0.5, 0.6) is 11.5 Å². The van der Waals surface area contributed by atoms with Crippen LogP contribution >= 0.6 is 0 Å². The van der Waals surface area contributed by atoms with Gasteiger partial charge >= 0.3 is 12.6 Å². The summed E-state index contributed by atoms with van der Waals surface area (Å²) in [6, 6.07) is 10.0. The fourth-order valence-electron chi connectivity index (χ4n) is 5.13. The Morgan fingerprint density at radius 2 is 2.06 bits per heavy atom. The second-order valence-corrected chi connectivity index (χ2v) is 8.76. The van der Waals surface area contributed by atoms with Gasteiger partial charge in [0.15, 0.2) is 0 Å². The molecule has 8 nitrogen and oxygen atoms in total. The first kappa shape index (κ1) is 22.1. The molecule has 2 aromatic carbocycles. The standard InChI is InChI=1S/C24H24F2N4O4/c1-24-12-17-16-11-15(34-22(25)26)6-7-18(16)28-19(17)20(13-4-3-5-14(31)10-13)30(24)23(33)29(21(24)32)9-8-27-2/h3-7,10-11,20,22,27-28,31H,8-9,12H2,1-2H3. The molecule has 10 heteroatoms. The van der Waals surface area contributed by atoms with Gasteiger partial charge in [0.05, 0.1) is 0 Å². The predicted molar refractivity (Wildman–Crippen MR) is 120 cm³/mol. The number of hydrogen-bond acceptors (Lipinski definition) is 5. The van der Waals surface area contributed by atoms with Crippen LogP contribution in [0.1, 0.15) is 29.8 Å². The molecular formula is C24H24F2N4O4. The molecule has 2 unspecified atom stereocenters. The minimum absolute atomic E-state index is 0.00950. The first-order chi connectivity index (χ1) is 16.2. The van der Waals surface area contributed by atoms with E-state index in [1.807, 2.05) is 0 Å². The molecule has 3 amide bonds. The van der Waals surface area contributed by atoms with Crippen LogP contribution in [0.4, 0.5) is 13.6 Å². The van der Waals surface area contributed by atoms with Crippen LogP contribution in [-0.4, -0.2) is 64.1 Å². The molecule has 0 aliphatic carbocycles. The molecule has 0 spiro atoms. The Morgan fingerprint density at radius 3 is 2.76 bits per heavy atom. The summed E-state index contributed by atoms with van der Waals surface area (Å²) < 4.78 is 30.3. The molecule has 0 radical (unpaired) electrons. The van der Waals surface area contributed by atoms with Gasteiger partial charge < -0.3 is 20.1 Å². The highest BCUT2D eigenvalue weighted by Crippen LogP contribution is 2.49. The molecule has 3 heterocycles. The maximum atomic E-state index is 13.6. The Bertz CT molecular complexity index is 1290. The van der Waals surface area contributed by atoms with E-state index >= 15 is 0 Å². The Hall–Kier alpha value is -3.66. The number of likely N-dealkylation sites (N-methyl/N-ethyl adjacent to an activating group) is 1. The number of nitrogens with one attached hydrogen (secondary N) is 2. The molecule has 1 aromatic heterocycles. The Labute approximate surface area is 194 Å². The number of aromatic nitrogens is 1. The second-order valence-electron chi connectivity index (χ2n) is 8.76. The van der Waals surface area contributed by atoms with Crippen LogP contribution in [0.2, 0.25) is 0 Å². The molecule has 3 aromatic rings. The summed E-state index contributed by atoms with van der Waals surface area (Å²) in [4.78, 5) is 33.2. The highest BCUT2D eigenvalue weighted by molar-refractivity contribution is 6.08. The third kappa shape index (κ3) is 3.28. The Balaban J connectivity index is 1.71. The largest absolute Gasteiger partial charge is 0.508 e. The fraction of sp³-hybridized carbons (Fsp3) is 0.333. The lowest BCUT2D eigenvalue weighted by Crippen LogP contribution is -2.53. The molecule has 3 N–H and O–H groups in total. The number of carbonyl (C=O) groups excluding carboxylic acids is 2. The number of benzene rings is 2. The number of halogens is 2. The summed E-state index contributed by atoms with van der Waals surface area (Å²) in [6.07, 6.45) is 0.205. The first-order valence-corrected chi connectivity index (χ1v) is 10.9. The van der Waals surface area contributed by atoms with Gasteiger partial charge in [-0.3, -0.25) is 14.6 Å². The van der Waals surface area contributed by atoms with Gasteiger partial charge in [-0.1, -0.05) is 12.1 Å². The van der Waals surface area contributed by atoms with E-state index in [4.69, 9.17) is 0 Å². The number of nitrogens with zero attached hydrogens (tertiary/aromatic N) is 2. The number of amides is 3. The van der Waals surface area contributed by atoms with E-state index in [1.54, 1.807) is 43.1 Å². The zero-order chi connectivity index (χ0) is 24.2. The van der Waals surface area contributed by atoms with E-state index in [9.17, 15) is 23.5 Å². The molecule has 1 fully saturated rings. The lowest BCUT2D eigenvalue weighted by Gasteiger charge is -2.42. The maximum Gasteiger partial charge on any atom is 0.387 e. The number of hydrogen-bond donors (Lipinski definition) is 3. The molecule has 2 aliphatic rings. The summed E-state index contributed by atoms with van der Waals surface area (Å²) in [6.45, 7) is -0.576. The van der Waals surface area contributed by atoms with Crippen molar-refractivity contribution in [2.75, 3.05) is 20.1 Å². The van der Waals surface area contributed by atoms with Crippen molar-refractivity contribution in [3.8, 4) is 11.5 Å². The zero-order valence-corrected chi connectivity index (χ0v) is 18.6. The van der Waals surface area contributed by atoms with Crippen molar-refractivity contribution in [3.05, 3.63) is 59.3 Å². The number of rotatable bonds is 6. The number of fused-ring (bicyclic) bond motifs is 4. The highest BCUT2D eigenvalue weighted by Gasteiger charge is 2.60. The molecule has 2 atom stereocenters. The number of H-pyrrole nitrogens is 1. The van der Waals surface area contributed by atoms with Crippen molar-refractivity contribution < 1.29 is 28.2 Å². The smallest absolute Gasteiger partial charge is 0.387 e. The number of carbonyl (C=O) groups is 2.